The first kappa shape index (κ1) is 13.5. The summed E-state index contributed by atoms with van der Waals surface area (Å²) in [5.74, 6) is 0.821. The molecule has 5 heteroatoms. The van der Waals surface area contributed by atoms with Crippen molar-refractivity contribution in [3.05, 3.63) is 45.8 Å². The zero-order chi connectivity index (χ0) is 14.0. The Balaban J connectivity index is 2.61. The largest absolute Gasteiger partial charge is 0.490 e. The molecule has 1 aromatic heterocycles. The molecule has 0 aliphatic carbocycles. The molecule has 1 aromatic carbocycles. The molecule has 0 aliphatic heterocycles. The van der Waals surface area contributed by atoms with Crippen molar-refractivity contribution in [1.82, 2.24) is 0 Å². The lowest BCUT2D eigenvalue weighted by Gasteiger charge is -2.12. The first-order valence-electron chi connectivity index (χ1n) is 5.60. The van der Waals surface area contributed by atoms with Crippen LogP contribution in [0.5, 0.6) is 11.5 Å². The van der Waals surface area contributed by atoms with E-state index in [-0.39, 0.29) is 6.61 Å². The average Bonchev–Trinajstić information content (AvgIpc) is 2.35. The quantitative estimate of drug-likeness (QED) is 0.807. The van der Waals surface area contributed by atoms with E-state index in [2.05, 4.69) is 6.58 Å². The van der Waals surface area contributed by atoms with Gasteiger partial charge in [0.2, 0.25) is 5.75 Å². The number of benzene rings is 1. The van der Waals surface area contributed by atoms with Gasteiger partial charge >= 0.3 is 5.63 Å². The first-order chi connectivity index (χ1) is 9.02. The molecule has 19 heavy (non-hydrogen) atoms. The molecule has 0 atom stereocenters. The summed E-state index contributed by atoms with van der Waals surface area (Å²) in [6, 6.07) is 4.99. The van der Waals surface area contributed by atoms with E-state index < -0.39 is 5.63 Å². The highest BCUT2D eigenvalue weighted by Crippen LogP contribution is 2.36. The Morgan fingerprint density at radius 1 is 1.47 bits per heavy atom. The summed E-state index contributed by atoms with van der Waals surface area (Å²) in [5, 5.41) is 1.17. The Morgan fingerprint density at radius 3 is 2.84 bits per heavy atom. The molecule has 0 unspecified atom stereocenters. The SMILES string of the molecule is C=C(Cl)COc1ccc2c(C)cc(=O)oc2c1OC. The van der Waals surface area contributed by atoms with Crippen LogP contribution in [0.3, 0.4) is 0 Å². The highest BCUT2D eigenvalue weighted by atomic mass is 35.5. The van der Waals surface area contributed by atoms with Crippen LogP contribution in [0.25, 0.3) is 11.0 Å². The second-order valence-electron chi connectivity index (χ2n) is 4.03. The second kappa shape index (κ2) is 5.36. The van der Waals surface area contributed by atoms with E-state index >= 15 is 0 Å². The fourth-order valence-electron chi connectivity index (χ4n) is 1.80. The number of rotatable bonds is 4. The van der Waals surface area contributed by atoms with Gasteiger partial charge in [0.15, 0.2) is 11.3 Å². The van der Waals surface area contributed by atoms with Crippen LogP contribution >= 0.6 is 11.6 Å². The molecule has 0 spiro atoms. The molecule has 1 heterocycles. The standard InChI is InChI=1S/C14H13ClO4/c1-8-6-12(16)19-13-10(8)4-5-11(14(13)17-3)18-7-9(2)15/h4-6H,2,7H2,1,3H3. The highest BCUT2D eigenvalue weighted by molar-refractivity contribution is 6.29. The summed E-state index contributed by atoms with van der Waals surface area (Å²) in [4.78, 5) is 11.5. The van der Waals surface area contributed by atoms with E-state index in [1.807, 2.05) is 13.0 Å². The number of halogens is 1. The van der Waals surface area contributed by atoms with Crippen LogP contribution in [-0.4, -0.2) is 13.7 Å². The van der Waals surface area contributed by atoms with E-state index in [0.717, 1.165) is 10.9 Å². The van der Waals surface area contributed by atoms with Gasteiger partial charge < -0.3 is 13.9 Å². The van der Waals surface area contributed by atoms with Crippen LogP contribution in [0.15, 0.2) is 39.0 Å². The van der Waals surface area contributed by atoms with Crippen molar-refractivity contribution in [3.8, 4) is 11.5 Å². The van der Waals surface area contributed by atoms with E-state index in [4.69, 9.17) is 25.5 Å². The van der Waals surface area contributed by atoms with E-state index in [1.165, 1.54) is 13.2 Å². The van der Waals surface area contributed by atoms with Crippen LogP contribution in [0.1, 0.15) is 5.56 Å². The molecule has 0 N–H and O–H groups in total. The molecular weight excluding hydrogens is 268 g/mol. The minimum atomic E-state index is -0.429. The monoisotopic (exact) mass is 280 g/mol. The van der Waals surface area contributed by atoms with Gasteiger partial charge in [0.05, 0.1) is 7.11 Å². The highest BCUT2D eigenvalue weighted by Gasteiger charge is 2.14. The fraction of sp³-hybridized carbons (Fsp3) is 0.214. The van der Waals surface area contributed by atoms with Crippen LogP contribution < -0.4 is 15.1 Å². The van der Waals surface area contributed by atoms with Gasteiger partial charge in [0.25, 0.3) is 0 Å². The maximum Gasteiger partial charge on any atom is 0.336 e. The van der Waals surface area contributed by atoms with Gasteiger partial charge in [0.1, 0.15) is 6.61 Å². The van der Waals surface area contributed by atoms with Crippen LogP contribution in [0.2, 0.25) is 0 Å². The molecule has 4 nitrogen and oxygen atoms in total. The van der Waals surface area contributed by atoms with Crippen molar-refractivity contribution in [2.24, 2.45) is 0 Å². The predicted molar refractivity (Wildman–Crippen MR) is 74.3 cm³/mol. The fourth-order valence-corrected chi connectivity index (χ4v) is 1.86. The van der Waals surface area contributed by atoms with Crippen molar-refractivity contribution in [1.29, 1.82) is 0 Å². The number of hydrogen-bond acceptors (Lipinski definition) is 4. The van der Waals surface area contributed by atoms with Crippen molar-refractivity contribution in [3.63, 3.8) is 0 Å². The molecule has 0 saturated carbocycles. The Bertz CT molecular complexity index is 688. The van der Waals surface area contributed by atoms with Crippen LogP contribution in [-0.2, 0) is 0 Å². The third-order valence-electron chi connectivity index (χ3n) is 2.63. The third kappa shape index (κ3) is 2.74. The van der Waals surface area contributed by atoms with E-state index in [0.29, 0.717) is 22.1 Å². The Morgan fingerprint density at radius 2 is 2.21 bits per heavy atom. The van der Waals surface area contributed by atoms with Gasteiger partial charge in [-0.2, -0.15) is 0 Å². The maximum atomic E-state index is 11.5. The van der Waals surface area contributed by atoms with Crippen molar-refractivity contribution >= 4 is 22.6 Å². The minimum Gasteiger partial charge on any atom is -0.490 e. The molecule has 0 amide bonds. The number of fused-ring (bicyclic) bond motifs is 1. The molecule has 0 radical (unpaired) electrons. The summed E-state index contributed by atoms with van der Waals surface area (Å²) >= 11 is 5.66. The number of hydrogen-bond donors (Lipinski definition) is 0. The predicted octanol–water partition coefficient (Wildman–Crippen LogP) is 3.24. The Labute approximate surface area is 115 Å². The molecule has 0 bridgehead atoms. The lowest BCUT2D eigenvalue weighted by Crippen LogP contribution is -2.02. The van der Waals surface area contributed by atoms with Crippen molar-refractivity contribution in [2.45, 2.75) is 6.92 Å². The van der Waals surface area contributed by atoms with E-state index in [1.54, 1.807) is 6.07 Å². The van der Waals surface area contributed by atoms with Gasteiger partial charge in [-0.15, -0.1) is 0 Å². The number of aryl methyl sites for hydroxylation is 1. The number of methoxy groups -OCH3 is 1. The molecule has 0 saturated heterocycles. The molecular formula is C14H13ClO4. The van der Waals surface area contributed by atoms with Crippen molar-refractivity contribution in [2.75, 3.05) is 13.7 Å². The topological polar surface area (TPSA) is 48.7 Å². The minimum absolute atomic E-state index is 0.152. The van der Waals surface area contributed by atoms with E-state index in [9.17, 15) is 4.79 Å². The average molecular weight is 281 g/mol. The molecule has 2 rings (SSSR count). The van der Waals surface area contributed by atoms with Crippen molar-refractivity contribution < 1.29 is 13.9 Å². The summed E-state index contributed by atoms with van der Waals surface area (Å²) in [7, 11) is 1.49. The molecule has 0 aliphatic rings. The lowest BCUT2D eigenvalue weighted by atomic mass is 10.1. The summed E-state index contributed by atoms with van der Waals surface area (Å²) in [5.41, 5.74) is 0.755. The summed E-state index contributed by atoms with van der Waals surface area (Å²) < 4.78 is 15.9. The van der Waals surface area contributed by atoms with Gasteiger partial charge in [-0.3, -0.25) is 0 Å². The van der Waals surface area contributed by atoms with Crippen LogP contribution in [0, 0.1) is 6.92 Å². The third-order valence-corrected chi connectivity index (χ3v) is 2.74. The Kier molecular flexibility index (Phi) is 3.81. The van der Waals surface area contributed by atoms with Gasteiger partial charge in [-0.25, -0.2) is 4.79 Å². The maximum absolute atomic E-state index is 11.5. The van der Waals surface area contributed by atoms with Crippen LogP contribution in [0.4, 0.5) is 0 Å². The smallest absolute Gasteiger partial charge is 0.336 e. The molecule has 0 fully saturated rings. The van der Waals surface area contributed by atoms with Gasteiger partial charge in [0, 0.05) is 16.5 Å². The zero-order valence-electron chi connectivity index (χ0n) is 10.7. The first-order valence-corrected chi connectivity index (χ1v) is 5.98. The zero-order valence-corrected chi connectivity index (χ0v) is 11.4. The normalized spacial score (nSPS) is 10.5. The molecule has 2 aromatic rings. The Hall–Kier alpha value is -1.94. The molecule has 100 valence electrons. The van der Waals surface area contributed by atoms with Gasteiger partial charge in [-0.05, 0) is 24.6 Å². The second-order valence-corrected chi connectivity index (χ2v) is 4.56. The number of ether oxygens (including phenoxy) is 2. The lowest BCUT2D eigenvalue weighted by molar-refractivity contribution is 0.322. The van der Waals surface area contributed by atoms with Gasteiger partial charge in [-0.1, -0.05) is 18.2 Å². The summed E-state index contributed by atoms with van der Waals surface area (Å²) in [6.07, 6.45) is 0. The summed E-state index contributed by atoms with van der Waals surface area (Å²) in [6.45, 7) is 5.53.